The number of carboxylic acid groups (broad SMARTS) is 1. The molecule has 0 atom stereocenters. The van der Waals surface area contributed by atoms with Gasteiger partial charge in [-0.05, 0) is 32.1 Å². The van der Waals surface area contributed by atoms with E-state index in [9.17, 15) is 13.2 Å². The van der Waals surface area contributed by atoms with Crippen molar-refractivity contribution >= 4 is 39.1 Å². The van der Waals surface area contributed by atoms with Crippen LogP contribution in [0.2, 0.25) is 0 Å². The van der Waals surface area contributed by atoms with Gasteiger partial charge >= 0.3 is 5.97 Å². The minimum atomic E-state index is -3.66. The third kappa shape index (κ3) is 3.61. The quantitative estimate of drug-likeness (QED) is 0.825. The normalized spacial score (nSPS) is 18.0. The molecule has 1 fully saturated rings. The number of carboxylic acids is 1. The van der Waals surface area contributed by atoms with E-state index in [2.05, 4.69) is 4.72 Å². The number of rotatable bonds is 6. The lowest BCUT2D eigenvalue weighted by atomic mass is 10.1. The zero-order chi connectivity index (χ0) is 15.7. The molecule has 1 aromatic rings. The van der Waals surface area contributed by atoms with Gasteiger partial charge in [0.1, 0.15) is 4.88 Å². The second-order valence-electron chi connectivity index (χ2n) is 5.26. The maximum Gasteiger partial charge on any atom is 0.345 e. The number of sulfonamides is 1. The molecule has 1 aromatic heterocycles. The highest BCUT2D eigenvalue weighted by Gasteiger charge is 2.34. The third-order valence-corrected chi connectivity index (χ3v) is 8.02. The van der Waals surface area contributed by atoms with Crippen LogP contribution >= 0.6 is 23.1 Å². The van der Waals surface area contributed by atoms with Gasteiger partial charge in [-0.15, -0.1) is 11.3 Å². The minimum Gasteiger partial charge on any atom is -0.477 e. The molecule has 0 aromatic carbocycles. The molecule has 0 bridgehead atoms. The van der Waals surface area contributed by atoms with Crippen LogP contribution in [0.25, 0.3) is 0 Å². The Morgan fingerprint density at radius 1 is 1.48 bits per heavy atom. The average Bonchev–Trinajstić information content (AvgIpc) is 3.04. The summed E-state index contributed by atoms with van der Waals surface area (Å²) >= 11 is 2.70. The molecule has 2 rings (SSSR count). The molecule has 0 amide bonds. The third-order valence-electron chi connectivity index (χ3n) is 3.90. The van der Waals surface area contributed by atoms with Crippen molar-refractivity contribution in [2.75, 3.05) is 12.8 Å². The zero-order valence-corrected chi connectivity index (χ0v) is 14.5. The fourth-order valence-corrected chi connectivity index (χ4v) is 6.17. The lowest BCUT2D eigenvalue weighted by molar-refractivity contribution is 0.0702. The molecule has 1 heterocycles. The molecule has 0 radical (unpaired) electrons. The molecular weight excluding hydrogens is 330 g/mol. The molecule has 5 nitrogen and oxygen atoms in total. The van der Waals surface area contributed by atoms with E-state index in [0.29, 0.717) is 11.4 Å². The van der Waals surface area contributed by atoms with Gasteiger partial charge in [-0.25, -0.2) is 17.9 Å². The molecule has 118 valence electrons. The summed E-state index contributed by atoms with van der Waals surface area (Å²) in [7, 11) is -3.66. The number of nitrogens with one attached hydrogen (secondary N) is 1. The molecule has 1 aliphatic rings. The predicted molar refractivity (Wildman–Crippen MR) is 85.9 cm³/mol. The Labute approximate surface area is 133 Å². The molecule has 0 spiro atoms. The van der Waals surface area contributed by atoms with Crippen LogP contribution in [0.5, 0.6) is 0 Å². The van der Waals surface area contributed by atoms with Crippen LogP contribution in [-0.4, -0.2) is 37.0 Å². The van der Waals surface area contributed by atoms with E-state index in [0.717, 1.165) is 37.0 Å². The van der Waals surface area contributed by atoms with Crippen molar-refractivity contribution in [2.45, 2.75) is 42.2 Å². The molecule has 1 aliphatic carbocycles. The number of thioether (sulfide) groups is 1. The minimum absolute atomic E-state index is 0.0212. The first-order chi connectivity index (χ1) is 9.80. The Balaban J connectivity index is 2.17. The van der Waals surface area contributed by atoms with Crippen LogP contribution in [0.15, 0.2) is 11.0 Å². The summed E-state index contributed by atoms with van der Waals surface area (Å²) in [4.78, 5) is 11.6. The van der Waals surface area contributed by atoms with Crippen LogP contribution in [0.4, 0.5) is 0 Å². The summed E-state index contributed by atoms with van der Waals surface area (Å²) < 4.78 is 27.4. The van der Waals surface area contributed by atoms with Crippen molar-refractivity contribution in [3.05, 3.63) is 15.8 Å². The maximum atomic E-state index is 12.4. The van der Waals surface area contributed by atoms with Gasteiger partial charge in [0, 0.05) is 16.2 Å². The van der Waals surface area contributed by atoms with Crippen LogP contribution in [0.3, 0.4) is 0 Å². The number of thiophene rings is 1. The van der Waals surface area contributed by atoms with E-state index < -0.39 is 16.0 Å². The van der Waals surface area contributed by atoms with Crippen LogP contribution in [-0.2, 0) is 10.0 Å². The van der Waals surface area contributed by atoms with E-state index in [1.165, 1.54) is 6.07 Å². The molecule has 0 saturated heterocycles. The lowest BCUT2D eigenvalue weighted by Crippen LogP contribution is -2.38. The van der Waals surface area contributed by atoms with Gasteiger partial charge in [0.15, 0.2) is 0 Å². The summed E-state index contributed by atoms with van der Waals surface area (Å²) in [6.07, 6.45) is 6.30. The first-order valence-electron chi connectivity index (χ1n) is 6.68. The second-order valence-corrected chi connectivity index (χ2v) is 9.52. The lowest BCUT2D eigenvalue weighted by Gasteiger charge is -2.26. The zero-order valence-electron chi connectivity index (χ0n) is 12.0. The molecule has 1 saturated carbocycles. The monoisotopic (exact) mass is 349 g/mol. The van der Waals surface area contributed by atoms with Crippen LogP contribution in [0.1, 0.15) is 40.2 Å². The molecule has 0 aliphatic heterocycles. The smallest absolute Gasteiger partial charge is 0.345 e. The van der Waals surface area contributed by atoms with Gasteiger partial charge in [0.05, 0.1) is 4.90 Å². The van der Waals surface area contributed by atoms with E-state index in [4.69, 9.17) is 5.11 Å². The van der Waals surface area contributed by atoms with Crippen molar-refractivity contribution in [3.8, 4) is 0 Å². The van der Waals surface area contributed by atoms with Crippen molar-refractivity contribution in [2.24, 2.45) is 0 Å². The van der Waals surface area contributed by atoms with Gasteiger partial charge < -0.3 is 5.11 Å². The Morgan fingerprint density at radius 2 is 2.10 bits per heavy atom. The van der Waals surface area contributed by atoms with E-state index in [1.54, 1.807) is 18.7 Å². The Hall–Kier alpha value is -0.570. The number of hydrogen-bond donors (Lipinski definition) is 2. The summed E-state index contributed by atoms with van der Waals surface area (Å²) in [5.74, 6) is -1.10. The summed E-state index contributed by atoms with van der Waals surface area (Å²) in [5.41, 5.74) is 0. The van der Waals surface area contributed by atoms with Gasteiger partial charge in [-0.3, -0.25) is 0 Å². The summed E-state index contributed by atoms with van der Waals surface area (Å²) in [6.45, 7) is 2.03. The highest BCUT2D eigenvalue weighted by molar-refractivity contribution is 8.00. The van der Waals surface area contributed by atoms with Gasteiger partial charge in [-0.1, -0.05) is 12.8 Å². The summed E-state index contributed by atoms with van der Waals surface area (Å²) in [6, 6.07) is 1.24. The first-order valence-corrected chi connectivity index (χ1v) is 10.2. The second kappa shape index (κ2) is 6.28. The summed E-state index contributed by atoms with van der Waals surface area (Å²) in [5, 5.41) is 8.96. The Bertz CT molecular complexity index is 630. The average molecular weight is 349 g/mol. The highest BCUT2D eigenvalue weighted by atomic mass is 32.2. The highest BCUT2D eigenvalue weighted by Crippen LogP contribution is 2.40. The SMILES string of the molecule is CSC1(CNS(=O)(=O)c2cc(C(=O)O)sc2C)CCCC1. The molecule has 2 N–H and O–H groups in total. The molecule has 21 heavy (non-hydrogen) atoms. The number of hydrogen-bond acceptors (Lipinski definition) is 5. The predicted octanol–water partition coefficient (Wildman–Crippen LogP) is 2.71. The van der Waals surface area contributed by atoms with Crippen molar-refractivity contribution in [1.29, 1.82) is 0 Å². The van der Waals surface area contributed by atoms with Gasteiger partial charge in [-0.2, -0.15) is 11.8 Å². The number of aryl methyl sites for hydroxylation is 1. The molecule has 8 heteroatoms. The first kappa shape index (κ1) is 16.8. The van der Waals surface area contributed by atoms with E-state index in [-0.39, 0.29) is 14.5 Å². The van der Waals surface area contributed by atoms with E-state index in [1.807, 2.05) is 6.26 Å². The molecule has 0 unspecified atom stereocenters. The fraction of sp³-hybridized carbons (Fsp3) is 0.615. The van der Waals surface area contributed by atoms with Crippen molar-refractivity contribution < 1.29 is 18.3 Å². The fourth-order valence-electron chi connectivity index (χ4n) is 2.61. The van der Waals surface area contributed by atoms with Gasteiger partial charge in [0.25, 0.3) is 0 Å². The topological polar surface area (TPSA) is 83.5 Å². The van der Waals surface area contributed by atoms with Gasteiger partial charge in [0.2, 0.25) is 10.0 Å². The number of aromatic carboxylic acids is 1. The molecular formula is C13H19NO4S3. The van der Waals surface area contributed by atoms with Crippen molar-refractivity contribution in [3.63, 3.8) is 0 Å². The Kier molecular flexibility index (Phi) is 5.02. The van der Waals surface area contributed by atoms with Crippen LogP contribution in [0, 0.1) is 6.92 Å². The largest absolute Gasteiger partial charge is 0.477 e. The number of carbonyl (C=O) groups is 1. The van der Waals surface area contributed by atoms with E-state index >= 15 is 0 Å². The standard InChI is InChI=1S/C13H19NO4S3/c1-9-11(7-10(20-9)12(15)16)21(17,18)14-8-13(19-2)5-3-4-6-13/h7,14H,3-6,8H2,1-2H3,(H,15,16). The van der Waals surface area contributed by atoms with Crippen LogP contribution < -0.4 is 4.72 Å². The maximum absolute atomic E-state index is 12.4. The van der Waals surface area contributed by atoms with Crippen molar-refractivity contribution in [1.82, 2.24) is 4.72 Å². The Morgan fingerprint density at radius 3 is 2.57 bits per heavy atom.